The van der Waals surface area contributed by atoms with Gasteiger partial charge in [-0.2, -0.15) is 0 Å². The lowest BCUT2D eigenvalue weighted by molar-refractivity contribution is 0.245. The van der Waals surface area contributed by atoms with Crippen molar-refractivity contribution in [1.82, 2.24) is 4.57 Å². The summed E-state index contributed by atoms with van der Waals surface area (Å²) in [4.78, 5) is 0. The molecular weight excluding hydrogens is 248 g/mol. The molecule has 0 amide bonds. The highest BCUT2D eigenvalue weighted by Crippen LogP contribution is 2.50. The predicted octanol–water partition coefficient (Wildman–Crippen LogP) is 3.56. The molecule has 0 unspecified atom stereocenters. The first-order valence-corrected chi connectivity index (χ1v) is 7.58. The second-order valence-corrected chi connectivity index (χ2v) is 6.34. The van der Waals surface area contributed by atoms with Crippen LogP contribution in [-0.2, 0) is 6.54 Å². The third-order valence-corrected chi connectivity index (χ3v) is 4.27. The van der Waals surface area contributed by atoms with Crippen molar-refractivity contribution in [2.24, 2.45) is 11.1 Å². The molecule has 0 atom stereocenters. The fourth-order valence-corrected chi connectivity index (χ4v) is 3.02. The van der Waals surface area contributed by atoms with E-state index in [4.69, 9.17) is 10.5 Å². The maximum atomic E-state index is 5.90. The Balaban J connectivity index is 1.90. The third kappa shape index (κ3) is 2.55. The first-order chi connectivity index (χ1) is 9.63. The van der Waals surface area contributed by atoms with E-state index in [9.17, 15) is 0 Å². The van der Waals surface area contributed by atoms with Crippen molar-refractivity contribution >= 4 is 10.9 Å². The molecule has 0 spiro atoms. The van der Waals surface area contributed by atoms with Crippen molar-refractivity contribution < 1.29 is 4.74 Å². The Hall–Kier alpha value is -1.48. The second kappa shape index (κ2) is 5.13. The van der Waals surface area contributed by atoms with Gasteiger partial charge in [0.1, 0.15) is 5.75 Å². The van der Waals surface area contributed by atoms with Crippen LogP contribution in [0.1, 0.15) is 33.1 Å². The SMILES string of the molecule is CC(C)Oc1cccc2c1ccn2CC1(CCN)CC1. The van der Waals surface area contributed by atoms with Crippen LogP contribution in [0.5, 0.6) is 5.75 Å². The van der Waals surface area contributed by atoms with Gasteiger partial charge in [0.2, 0.25) is 0 Å². The minimum Gasteiger partial charge on any atom is -0.490 e. The van der Waals surface area contributed by atoms with Crippen LogP contribution in [0.15, 0.2) is 30.5 Å². The molecule has 0 aliphatic heterocycles. The molecule has 1 aliphatic carbocycles. The average molecular weight is 272 g/mol. The van der Waals surface area contributed by atoms with E-state index in [-0.39, 0.29) is 6.10 Å². The number of aromatic nitrogens is 1. The summed E-state index contributed by atoms with van der Waals surface area (Å²) < 4.78 is 8.27. The maximum Gasteiger partial charge on any atom is 0.129 e. The van der Waals surface area contributed by atoms with E-state index >= 15 is 0 Å². The van der Waals surface area contributed by atoms with Crippen molar-refractivity contribution in [3.63, 3.8) is 0 Å². The first-order valence-electron chi connectivity index (χ1n) is 7.58. The summed E-state index contributed by atoms with van der Waals surface area (Å²) in [6.45, 7) is 6.01. The molecule has 3 rings (SSSR count). The lowest BCUT2D eigenvalue weighted by Gasteiger charge is -2.16. The summed E-state index contributed by atoms with van der Waals surface area (Å²) in [5, 5.41) is 1.21. The summed E-state index contributed by atoms with van der Waals surface area (Å²) in [7, 11) is 0. The summed E-state index contributed by atoms with van der Waals surface area (Å²) in [5.41, 5.74) is 7.47. The summed E-state index contributed by atoms with van der Waals surface area (Å²) in [5.74, 6) is 0.986. The lowest BCUT2D eigenvalue weighted by Crippen LogP contribution is -2.15. The fraction of sp³-hybridized carbons (Fsp3) is 0.529. The first kappa shape index (κ1) is 13.5. The Kier molecular flexibility index (Phi) is 3.47. The topological polar surface area (TPSA) is 40.2 Å². The molecular formula is C17H24N2O. The van der Waals surface area contributed by atoms with E-state index in [1.807, 2.05) is 0 Å². The standard InChI is InChI=1S/C17H24N2O/c1-13(2)20-16-5-3-4-15-14(16)6-11-19(15)12-17(7-8-17)9-10-18/h3-6,11,13H,7-10,12,18H2,1-2H3. The molecule has 108 valence electrons. The predicted molar refractivity (Wildman–Crippen MR) is 83.0 cm³/mol. The van der Waals surface area contributed by atoms with Crippen molar-refractivity contribution in [3.05, 3.63) is 30.5 Å². The molecule has 2 aromatic rings. The molecule has 1 fully saturated rings. The second-order valence-electron chi connectivity index (χ2n) is 6.34. The van der Waals surface area contributed by atoms with E-state index < -0.39 is 0 Å². The fourth-order valence-electron chi connectivity index (χ4n) is 3.02. The van der Waals surface area contributed by atoms with Crippen LogP contribution in [0.4, 0.5) is 0 Å². The number of nitrogens with zero attached hydrogens (tertiary/aromatic N) is 1. The van der Waals surface area contributed by atoms with E-state index in [0.29, 0.717) is 5.41 Å². The quantitative estimate of drug-likeness (QED) is 0.873. The van der Waals surface area contributed by atoms with Crippen LogP contribution >= 0.6 is 0 Å². The van der Waals surface area contributed by atoms with Gasteiger partial charge in [-0.3, -0.25) is 0 Å². The average Bonchev–Trinajstić information content (AvgIpc) is 3.02. The minimum atomic E-state index is 0.205. The Bertz CT molecular complexity index is 596. The van der Waals surface area contributed by atoms with Crippen molar-refractivity contribution in [2.45, 2.75) is 45.8 Å². The molecule has 0 saturated heterocycles. The van der Waals surface area contributed by atoms with Gasteiger partial charge in [-0.05, 0) is 63.3 Å². The van der Waals surface area contributed by atoms with Gasteiger partial charge in [-0.25, -0.2) is 0 Å². The van der Waals surface area contributed by atoms with E-state index in [2.05, 4.69) is 48.9 Å². The van der Waals surface area contributed by atoms with Gasteiger partial charge in [0, 0.05) is 18.1 Å². The molecule has 1 aliphatic rings. The molecule has 1 aromatic heterocycles. The van der Waals surface area contributed by atoms with Gasteiger partial charge in [0.25, 0.3) is 0 Å². The Morgan fingerprint density at radius 3 is 2.75 bits per heavy atom. The molecule has 3 heteroatoms. The third-order valence-electron chi connectivity index (χ3n) is 4.27. The lowest BCUT2D eigenvalue weighted by atomic mass is 10.0. The summed E-state index contributed by atoms with van der Waals surface area (Å²) in [6, 6.07) is 8.49. The van der Waals surface area contributed by atoms with E-state index in [1.165, 1.54) is 23.7 Å². The van der Waals surface area contributed by atoms with Gasteiger partial charge < -0.3 is 15.0 Å². The number of hydrogen-bond acceptors (Lipinski definition) is 2. The number of rotatable bonds is 6. The van der Waals surface area contributed by atoms with Crippen LogP contribution in [0.25, 0.3) is 10.9 Å². The highest BCUT2D eigenvalue weighted by molar-refractivity contribution is 5.86. The molecule has 20 heavy (non-hydrogen) atoms. The number of nitrogens with two attached hydrogens (primary N) is 1. The Morgan fingerprint density at radius 2 is 2.10 bits per heavy atom. The molecule has 2 N–H and O–H groups in total. The normalized spacial score (nSPS) is 16.8. The van der Waals surface area contributed by atoms with Gasteiger partial charge >= 0.3 is 0 Å². The molecule has 0 radical (unpaired) electrons. The van der Waals surface area contributed by atoms with Crippen LogP contribution in [0, 0.1) is 5.41 Å². The van der Waals surface area contributed by atoms with E-state index in [1.54, 1.807) is 0 Å². The zero-order valence-corrected chi connectivity index (χ0v) is 12.4. The van der Waals surface area contributed by atoms with Crippen LogP contribution in [-0.4, -0.2) is 17.2 Å². The Morgan fingerprint density at radius 1 is 1.30 bits per heavy atom. The molecule has 0 bridgehead atoms. The number of fused-ring (bicyclic) bond motifs is 1. The molecule has 1 heterocycles. The van der Waals surface area contributed by atoms with Gasteiger partial charge in [0.05, 0.1) is 11.6 Å². The zero-order valence-electron chi connectivity index (χ0n) is 12.4. The summed E-state index contributed by atoms with van der Waals surface area (Å²) in [6.07, 6.45) is 6.15. The molecule has 1 saturated carbocycles. The zero-order chi connectivity index (χ0) is 14.2. The smallest absolute Gasteiger partial charge is 0.129 e. The van der Waals surface area contributed by atoms with Crippen molar-refractivity contribution in [1.29, 1.82) is 0 Å². The highest BCUT2D eigenvalue weighted by Gasteiger charge is 2.41. The number of benzene rings is 1. The van der Waals surface area contributed by atoms with E-state index in [0.717, 1.165) is 25.3 Å². The van der Waals surface area contributed by atoms with Gasteiger partial charge in [0.15, 0.2) is 0 Å². The molecule has 1 aromatic carbocycles. The Labute approximate surface area is 120 Å². The monoisotopic (exact) mass is 272 g/mol. The van der Waals surface area contributed by atoms with Crippen LogP contribution < -0.4 is 10.5 Å². The van der Waals surface area contributed by atoms with Crippen LogP contribution in [0.3, 0.4) is 0 Å². The van der Waals surface area contributed by atoms with Crippen molar-refractivity contribution in [2.75, 3.05) is 6.54 Å². The maximum absolute atomic E-state index is 5.90. The number of ether oxygens (including phenoxy) is 1. The van der Waals surface area contributed by atoms with Crippen molar-refractivity contribution in [3.8, 4) is 5.75 Å². The molecule has 3 nitrogen and oxygen atoms in total. The highest BCUT2D eigenvalue weighted by atomic mass is 16.5. The largest absolute Gasteiger partial charge is 0.490 e. The van der Waals surface area contributed by atoms with Crippen LogP contribution in [0.2, 0.25) is 0 Å². The number of hydrogen-bond donors (Lipinski definition) is 1. The van der Waals surface area contributed by atoms with Gasteiger partial charge in [-0.15, -0.1) is 0 Å². The minimum absolute atomic E-state index is 0.205. The summed E-state index contributed by atoms with van der Waals surface area (Å²) >= 11 is 0. The van der Waals surface area contributed by atoms with Gasteiger partial charge in [-0.1, -0.05) is 6.07 Å².